The molecule has 0 radical (unpaired) electrons. The summed E-state index contributed by atoms with van der Waals surface area (Å²) < 4.78 is 5.72. The van der Waals surface area contributed by atoms with Crippen LogP contribution < -0.4 is 4.74 Å². The Morgan fingerprint density at radius 2 is 2.06 bits per heavy atom. The fourth-order valence-electron chi connectivity index (χ4n) is 1.77. The SMILES string of the molecule is c1ccc2c(OCCN3CC3)nccc2c1. The summed E-state index contributed by atoms with van der Waals surface area (Å²) in [6.45, 7) is 4.16. The van der Waals surface area contributed by atoms with Crippen LogP contribution in [0.1, 0.15) is 0 Å². The summed E-state index contributed by atoms with van der Waals surface area (Å²) in [5, 5.41) is 2.27. The van der Waals surface area contributed by atoms with E-state index in [0.717, 1.165) is 24.4 Å². The normalized spacial score (nSPS) is 15.2. The molecule has 3 nitrogen and oxygen atoms in total. The minimum absolute atomic E-state index is 0.723. The van der Waals surface area contributed by atoms with Crippen molar-refractivity contribution < 1.29 is 4.74 Å². The Labute approximate surface area is 94.7 Å². The second-order valence-electron chi connectivity index (χ2n) is 4.03. The topological polar surface area (TPSA) is 25.1 Å². The molecule has 3 heteroatoms. The minimum Gasteiger partial charge on any atom is -0.476 e. The van der Waals surface area contributed by atoms with E-state index < -0.39 is 0 Å². The third kappa shape index (κ3) is 1.99. The lowest BCUT2D eigenvalue weighted by Gasteiger charge is -2.07. The molecule has 0 bridgehead atoms. The van der Waals surface area contributed by atoms with Gasteiger partial charge in [-0.05, 0) is 17.5 Å². The summed E-state index contributed by atoms with van der Waals surface area (Å²) in [5.41, 5.74) is 0. The predicted octanol–water partition coefficient (Wildman–Crippen LogP) is 1.93. The molecule has 82 valence electrons. The summed E-state index contributed by atoms with van der Waals surface area (Å²) >= 11 is 0. The standard InChI is InChI=1S/C13H14N2O/c1-2-4-12-11(3-1)5-6-14-13(12)16-10-9-15-7-8-15/h1-6H,7-10H2. The van der Waals surface area contributed by atoms with Gasteiger partial charge in [0.15, 0.2) is 0 Å². The number of ether oxygens (including phenoxy) is 1. The average Bonchev–Trinajstić information content (AvgIpc) is 3.13. The molecule has 0 aliphatic carbocycles. The van der Waals surface area contributed by atoms with E-state index in [2.05, 4.69) is 22.0 Å². The lowest BCUT2D eigenvalue weighted by Crippen LogP contribution is -2.11. The van der Waals surface area contributed by atoms with Gasteiger partial charge in [-0.1, -0.05) is 18.2 Å². The first-order chi connectivity index (χ1) is 7.93. The van der Waals surface area contributed by atoms with Crippen molar-refractivity contribution in [2.75, 3.05) is 26.2 Å². The summed E-state index contributed by atoms with van der Waals surface area (Å²) in [4.78, 5) is 6.62. The minimum atomic E-state index is 0.723. The predicted molar refractivity (Wildman–Crippen MR) is 63.7 cm³/mol. The Balaban J connectivity index is 1.79. The highest BCUT2D eigenvalue weighted by Gasteiger charge is 2.16. The number of nitrogens with zero attached hydrogens (tertiary/aromatic N) is 2. The number of rotatable bonds is 4. The monoisotopic (exact) mass is 214 g/mol. The molecule has 1 aromatic carbocycles. The molecule has 3 rings (SSSR count). The van der Waals surface area contributed by atoms with Crippen molar-refractivity contribution in [1.29, 1.82) is 0 Å². The van der Waals surface area contributed by atoms with Crippen LogP contribution in [-0.2, 0) is 0 Å². The van der Waals surface area contributed by atoms with Crippen LogP contribution in [0.4, 0.5) is 0 Å². The molecule has 2 heterocycles. The Kier molecular flexibility index (Phi) is 2.46. The van der Waals surface area contributed by atoms with Crippen molar-refractivity contribution in [2.24, 2.45) is 0 Å². The van der Waals surface area contributed by atoms with Crippen molar-refractivity contribution in [3.05, 3.63) is 36.5 Å². The van der Waals surface area contributed by atoms with Gasteiger partial charge >= 0.3 is 0 Å². The Morgan fingerprint density at radius 1 is 1.19 bits per heavy atom. The van der Waals surface area contributed by atoms with E-state index in [9.17, 15) is 0 Å². The molecule has 0 spiro atoms. The first kappa shape index (κ1) is 9.60. The zero-order valence-corrected chi connectivity index (χ0v) is 9.10. The van der Waals surface area contributed by atoms with Gasteiger partial charge in [0.1, 0.15) is 6.61 Å². The van der Waals surface area contributed by atoms with Gasteiger partial charge in [0.2, 0.25) is 5.88 Å². The fourth-order valence-corrected chi connectivity index (χ4v) is 1.77. The second-order valence-corrected chi connectivity index (χ2v) is 4.03. The number of benzene rings is 1. The van der Waals surface area contributed by atoms with E-state index in [1.54, 1.807) is 6.20 Å². The maximum absolute atomic E-state index is 5.72. The van der Waals surface area contributed by atoms with Gasteiger partial charge in [0.05, 0.1) is 0 Å². The van der Waals surface area contributed by atoms with Gasteiger partial charge in [-0.25, -0.2) is 4.98 Å². The van der Waals surface area contributed by atoms with Crippen molar-refractivity contribution in [2.45, 2.75) is 0 Å². The largest absolute Gasteiger partial charge is 0.476 e. The number of fused-ring (bicyclic) bond motifs is 1. The molecular formula is C13H14N2O. The maximum atomic E-state index is 5.72. The van der Waals surface area contributed by atoms with E-state index in [1.165, 1.54) is 18.5 Å². The van der Waals surface area contributed by atoms with E-state index in [0.29, 0.717) is 0 Å². The number of hydrogen-bond acceptors (Lipinski definition) is 3. The van der Waals surface area contributed by atoms with Crippen LogP contribution >= 0.6 is 0 Å². The molecule has 1 aromatic heterocycles. The van der Waals surface area contributed by atoms with Gasteiger partial charge < -0.3 is 4.74 Å². The highest BCUT2D eigenvalue weighted by molar-refractivity contribution is 5.86. The summed E-state index contributed by atoms with van der Waals surface area (Å²) in [6, 6.07) is 10.2. The molecule has 2 aromatic rings. The summed E-state index contributed by atoms with van der Waals surface area (Å²) in [7, 11) is 0. The Bertz CT molecular complexity index is 489. The van der Waals surface area contributed by atoms with Crippen LogP contribution in [0, 0.1) is 0 Å². The summed E-state index contributed by atoms with van der Waals surface area (Å²) in [5.74, 6) is 0.750. The van der Waals surface area contributed by atoms with E-state index in [-0.39, 0.29) is 0 Å². The van der Waals surface area contributed by atoms with Crippen LogP contribution in [0.3, 0.4) is 0 Å². The van der Waals surface area contributed by atoms with E-state index >= 15 is 0 Å². The second kappa shape index (κ2) is 4.10. The van der Waals surface area contributed by atoms with Crippen molar-refractivity contribution >= 4 is 10.8 Å². The smallest absolute Gasteiger partial charge is 0.221 e. The molecule has 0 amide bonds. The Hall–Kier alpha value is -1.61. The summed E-state index contributed by atoms with van der Waals surface area (Å²) in [6.07, 6.45) is 1.80. The third-order valence-electron chi connectivity index (χ3n) is 2.82. The highest BCUT2D eigenvalue weighted by atomic mass is 16.5. The Morgan fingerprint density at radius 3 is 2.94 bits per heavy atom. The first-order valence-electron chi connectivity index (χ1n) is 5.62. The van der Waals surface area contributed by atoms with Crippen LogP contribution in [0.25, 0.3) is 10.8 Å². The molecular weight excluding hydrogens is 200 g/mol. The third-order valence-corrected chi connectivity index (χ3v) is 2.82. The fraction of sp³-hybridized carbons (Fsp3) is 0.308. The lowest BCUT2D eigenvalue weighted by molar-refractivity contribution is 0.285. The molecule has 16 heavy (non-hydrogen) atoms. The van der Waals surface area contributed by atoms with Crippen molar-refractivity contribution in [3.8, 4) is 5.88 Å². The van der Waals surface area contributed by atoms with Crippen molar-refractivity contribution in [3.63, 3.8) is 0 Å². The number of pyridine rings is 1. The lowest BCUT2D eigenvalue weighted by atomic mass is 10.2. The highest BCUT2D eigenvalue weighted by Crippen LogP contribution is 2.22. The zero-order valence-electron chi connectivity index (χ0n) is 9.10. The molecule has 1 fully saturated rings. The molecule has 0 N–H and O–H groups in total. The zero-order chi connectivity index (χ0) is 10.8. The van der Waals surface area contributed by atoms with E-state index in [4.69, 9.17) is 4.74 Å². The van der Waals surface area contributed by atoms with Gasteiger partial charge in [-0.2, -0.15) is 0 Å². The molecule has 1 aliphatic heterocycles. The van der Waals surface area contributed by atoms with Gasteiger partial charge in [-0.3, -0.25) is 4.90 Å². The molecule has 1 saturated heterocycles. The van der Waals surface area contributed by atoms with Crippen LogP contribution in [-0.4, -0.2) is 36.1 Å². The van der Waals surface area contributed by atoms with E-state index in [1.807, 2.05) is 18.2 Å². The van der Waals surface area contributed by atoms with Gasteiger partial charge in [-0.15, -0.1) is 0 Å². The number of aromatic nitrogens is 1. The van der Waals surface area contributed by atoms with Gasteiger partial charge in [0.25, 0.3) is 0 Å². The first-order valence-corrected chi connectivity index (χ1v) is 5.62. The molecule has 1 aliphatic rings. The van der Waals surface area contributed by atoms with Gasteiger partial charge in [0, 0.05) is 31.2 Å². The van der Waals surface area contributed by atoms with Crippen molar-refractivity contribution in [1.82, 2.24) is 9.88 Å². The molecule has 0 saturated carbocycles. The average molecular weight is 214 g/mol. The number of hydrogen-bond donors (Lipinski definition) is 0. The van der Waals surface area contributed by atoms with Crippen LogP contribution in [0.2, 0.25) is 0 Å². The van der Waals surface area contributed by atoms with Crippen LogP contribution in [0.15, 0.2) is 36.5 Å². The quantitative estimate of drug-likeness (QED) is 0.727. The molecule has 0 atom stereocenters. The van der Waals surface area contributed by atoms with Crippen LogP contribution in [0.5, 0.6) is 5.88 Å². The maximum Gasteiger partial charge on any atom is 0.221 e. The molecule has 0 unspecified atom stereocenters.